The number of aliphatic hydroxyl groups is 1. The van der Waals surface area contributed by atoms with Crippen LogP contribution in [0.15, 0.2) is 40.6 Å². The minimum atomic E-state index is -3.67. The molecule has 102 valence electrons. The van der Waals surface area contributed by atoms with Crippen molar-refractivity contribution in [2.45, 2.75) is 17.4 Å². The van der Waals surface area contributed by atoms with Gasteiger partial charge in [-0.15, -0.1) is 11.3 Å². The molecule has 1 aromatic carbocycles. The van der Waals surface area contributed by atoms with Gasteiger partial charge in [-0.1, -0.05) is 18.2 Å². The quantitative estimate of drug-likeness (QED) is 0.886. The van der Waals surface area contributed by atoms with Crippen molar-refractivity contribution in [2.24, 2.45) is 0 Å². The number of hydrogen-bond acceptors (Lipinski definition) is 4. The van der Waals surface area contributed by atoms with Crippen LogP contribution in [0, 0.1) is 5.82 Å². The van der Waals surface area contributed by atoms with Crippen molar-refractivity contribution in [3.63, 3.8) is 0 Å². The van der Waals surface area contributed by atoms with Crippen molar-refractivity contribution in [1.82, 2.24) is 4.72 Å². The summed E-state index contributed by atoms with van der Waals surface area (Å²) in [7, 11) is -3.67. The first-order chi connectivity index (χ1) is 9.03. The highest BCUT2D eigenvalue weighted by atomic mass is 32.2. The molecule has 4 nitrogen and oxygen atoms in total. The van der Waals surface area contributed by atoms with Crippen molar-refractivity contribution in [3.8, 4) is 0 Å². The molecule has 7 heteroatoms. The molecule has 0 unspecified atom stereocenters. The molecule has 0 amide bonds. The highest BCUT2D eigenvalue weighted by Gasteiger charge is 2.17. The Balaban J connectivity index is 2.12. The number of hydrogen-bond donors (Lipinski definition) is 2. The lowest BCUT2D eigenvalue weighted by Gasteiger charge is -2.05. The van der Waals surface area contributed by atoms with Crippen LogP contribution in [0.4, 0.5) is 4.39 Å². The Hall–Kier alpha value is -1.28. The van der Waals surface area contributed by atoms with E-state index in [1.807, 2.05) is 0 Å². The zero-order valence-electron chi connectivity index (χ0n) is 9.84. The molecule has 2 aromatic rings. The van der Waals surface area contributed by atoms with E-state index in [1.165, 1.54) is 18.2 Å². The summed E-state index contributed by atoms with van der Waals surface area (Å²) in [5.74, 6) is -0.451. The summed E-state index contributed by atoms with van der Waals surface area (Å²) in [5.41, 5.74) is 0.282. The van der Waals surface area contributed by atoms with Gasteiger partial charge < -0.3 is 5.11 Å². The number of sulfonamides is 1. The van der Waals surface area contributed by atoms with E-state index >= 15 is 0 Å². The molecule has 0 bridgehead atoms. The third-order valence-electron chi connectivity index (χ3n) is 2.47. The molecule has 0 radical (unpaired) electrons. The fraction of sp³-hybridized carbons (Fsp3) is 0.167. The van der Waals surface area contributed by atoms with Gasteiger partial charge in [-0.3, -0.25) is 0 Å². The molecule has 0 fully saturated rings. The Kier molecular flexibility index (Phi) is 4.31. The first kappa shape index (κ1) is 14.1. The fourth-order valence-electron chi connectivity index (χ4n) is 1.47. The van der Waals surface area contributed by atoms with Crippen molar-refractivity contribution in [1.29, 1.82) is 0 Å². The van der Waals surface area contributed by atoms with Crippen molar-refractivity contribution in [2.75, 3.05) is 0 Å². The monoisotopic (exact) mass is 301 g/mol. The van der Waals surface area contributed by atoms with Crippen molar-refractivity contribution in [3.05, 3.63) is 52.7 Å². The van der Waals surface area contributed by atoms with Gasteiger partial charge in [0.25, 0.3) is 0 Å². The van der Waals surface area contributed by atoms with Crippen LogP contribution in [0.2, 0.25) is 0 Å². The van der Waals surface area contributed by atoms with Gasteiger partial charge in [0.2, 0.25) is 10.0 Å². The summed E-state index contributed by atoms with van der Waals surface area (Å²) in [6.45, 7) is -0.311. The summed E-state index contributed by atoms with van der Waals surface area (Å²) in [4.78, 5) is 0.561. The normalized spacial score (nSPS) is 11.7. The summed E-state index contributed by atoms with van der Waals surface area (Å²) < 4.78 is 39.7. The van der Waals surface area contributed by atoms with Gasteiger partial charge >= 0.3 is 0 Å². The molecule has 0 spiro atoms. The molecule has 0 aliphatic heterocycles. The molecule has 2 N–H and O–H groups in total. The topological polar surface area (TPSA) is 66.4 Å². The number of thiophene rings is 1. The highest BCUT2D eigenvalue weighted by molar-refractivity contribution is 7.91. The molecular formula is C12H12FNO3S2. The summed E-state index contributed by atoms with van der Waals surface area (Å²) in [6.07, 6.45) is 0. The second-order valence-electron chi connectivity index (χ2n) is 3.79. The Morgan fingerprint density at radius 1 is 1.21 bits per heavy atom. The summed E-state index contributed by atoms with van der Waals surface area (Å²) in [6, 6.07) is 8.94. The van der Waals surface area contributed by atoms with E-state index in [1.54, 1.807) is 18.2 Å². The molecule has 0 saturated carbocycles. The summed E-state index contributed by atoms with van der Waals surface area (Å²) >= 11 is 0.985. The average Bonchev–Trinajstić information content (AvgIpc) is 2.87. The minimum absolute atomic E-state index is 0.105. The van der Waals surface area contributed by atoms with Gasteiger partial charge in [-0.25, -0.2) is 17.5 Å². The van der Waals surface area contributed by atoms with E-state index in [2.05, 4.69) is 4.72 Å². The maximum atomic E-state index is 13.4. The maximum Gasteiger partial charge on any atom is 0.250 e. The van der Waals surface area contributed by atoms with Crippen molar-refractivity contribution < 1.29 is 17.9 Å². The lowest BCUT2D eigenvalue weighted by molar-refractivity contribution is 0.285. The SMILES string of the molecule is O=S(=O)(NCc1ccccc1F)c1ccc(CO)s1. The van der Waals surface area contributed by atoms with E-state index in [9.17, 15) is 12.8 Å². The van der Waals surface area contributed by atoms with Crippen LogP contribution in [-0.4, -0.2) is 13.5 Å². The molecule has 1 heterocycles. The van der Waals surface area contributed by atoms with Gasteiger partial charge in [0.1, 0.15) is 10.0 Å². The van der Waals surface area contributed by atoms with Gasteiger partial charge in [0, 0.05) is 17.0 Å². The standard InChI is InChI=1S/C12H12FNO3S2/c13-11-4-2-1-3-9(11)7-14-19(16,17)12-6-5-10(8-15)18-12/h1-6,14-15H,7-8H2. The van der Waals surface area contributed by atoms with E-state index in [4.69, 9.17) is 5.11 Å². The van der Waals surface area contributed by atoms with Crippen LogP contribution in [0.5, 0.6) is 0 Å². The molecule has 19 heavy (non-hydrogen) atoms. The smallest absolute Gasteiger partial charge is 0.250 e. The van der Waals surface area contributed by atoms with E-state index in [0.717, 1.165) is 11.3 Å². The fourth-order valence-corrected chi connectivity index (χ4v) is 3.74. The third kappa shape index (κ3) is 3.38. The van der Waals surface area contributed by atoms with Crippen LogP contribution in [-0.2, 0) is 23.2 Å². The molecule has 0 aliphatic rings. The van der Waals surface area contributed by atoms with Crippen molar-refractivity contribution >= 4 is 21.4 Å². The first-order valence-corrected chi connectivity index (χ1v) is 7.75. The molecular weight excluding hydrogens is 289 g/mol. The Labute approximate surface area is 114 Å². The van der Waals surface area contributed by atoms with Crippen LogP contribution >= 0.6 is 11.3 Å². The number of benzene rings is 1. The third-order valence-corrected chi connectivity index (χ3v) is 5.43. The lowest BCUT2D eigenvalue weighted by atomic mass is 10.2. The zero-order valence-corrected chi connectivity index (χ0v) is 11.5. The van der Waals surface area contributed by atoms with Gasteiger partial charge in [0.15, 0.2) is 0 Å². The van der Waals surface area contributed by atoms with Gasteiger partial charge in [0.05, 0.1) is 6.61 Å². The largest absolute Gasteiger partial charge is 0.391 e. The number of rotatable bonds is 5. The second-order valence-corrected chi connectivity index (χ2v) is 6.96. The van der Waals surface area contributed by atoms with Crippen LogP contribution < -0.4 is 4.72 Å². The predicted molar refractivity (Wildman–Crippen MR) is 70.7 cm³/mol. The zero-order chi connectivity index (χ0) is 13.9. The predicted octanol–water partition coefficient (Wildman–Crippen LogP) is 1.86. The van der Waals surface area contributed by atoms with Crippen LogP contribution in [0.25, 0.3) is 0 Å². The van der Waals surface area contributed by atoms with Crippen LogP contribution in [0.3, 0.4) is 0 Å². The summed E-state index contributed by atoms with van der Waals surface area (Å²) in [5, 5.41) is 8.91. The average molecular weight is 301 g/mol. The van der Waals surface area contributed by atoms with E-state index in [-0.39, 0.29) is 22.9 Å². The molecule has 0 saturated heterocycles. The Bertz CT molecular complexity index is 667. The second kappa shape index (κ2) is 5.79. The van der Waals surface area contributed by atoms with E-state index < -0.39 is 15.8 Å². The minimum Gasteiger partial charge on any atom is -0.391 e. The lowest BCUT2D eigenvalue weighted by Crippen LogP contribution is -2.22. The van der Waals surface area contributed by atoms with Gasteiger partial charge in [-0.2, -0.15) is 0 Å². The highest BCUT2D eigenvalue weighted by Crippen LogP contribution is 2.21. The molecule has 0 atom stereocenters. The molecule has 0 aliphatic carbocycles. The number of nitrogens with one attached hydrogen (secondary N) is 1. The number of halogens is 1. The van der Waals surface area contributed by atoms with Gasteiger partial charge in [-0.05, 0) is 18.2 Å². The maximum absolute atomic E-state index is 13.4. The Morgan fingerprint density at radius 3 is 2.58 bits per heavy atom. The molecule has 1 aromatic heterocycles. The molecule has 2 rings (SSSR count). The van der Waals surface area contributed by atoms with E-state index in [0.29, 0.717) is 4.88 Å². The van der Waals surface area contributed by atoms with Crippen LogP contribution in [0.1, 0.15) is 10.4 Å². The Morgan fingerprint density at radius 2 is 1.95 bits per heavy atom. The first-order valence-electron chi connectivity index (χ1n) is 5.45. The number of aliphatic hydroxyl groups excluding tert-OH is 1.